The highest BCUT2D eigenvalue weighted by atomic mass is 15.3. The molecule has 7 nitrogen and oxygen atoms in total. The summed E-state index contributed by atoms with van der Waals surface area (Å²) in [6, 6.07) is 0.0387. The van der Waals surface area contributed by atoms with Crippen molar-refractivity contribution in [1.29, 1.82) is 0 Å². The van der Waals surface area contributed by atoms with Gasteiger partial charge in [-0.25, -0.2) is 9.97 Å². The lowest BCUT2D eigenvalue weighted by Gasteiger charge is -2.36. The molecule has 0 amide bonds. The van der Waals surface area contributed by atoms with Gasteiger partial charge in [0.05, 0.1) is 11.7 Å². The minimum Gasteiger partial charge on any atom is -0.360 e. The quantitative estimate of drug-likeness (QED) is 0.822. The van der Waals surface area contributed by atoms with Crippen molar-refractivity contribution in [1.82, 2.24) is 25.1 Å². The summed E-state index contributed by atoms with van der Waals surface area (Å²) in [5.41, 5.74) is 3.16. The molecule has 2 N–H and O–H groups in total. The molecular formula is C21H31N7. The van der Waals surface area contributed by atoms with Crippen LogP contribution in [0.4, 0.5) is 11.8 Å². The molecule has 0 aromatic carbocycles. The van der Waals surface area contributed by atoms with Crippen molar-refractivity contribution in [2.75, 3.05) is 23.3 Å². The Labute approximate surface area is 166 Å². The number of aromatic nitrogens is 5. The topological polar surface area (TPSA) is 82.6 Å². The van der Waals surface area contributed by atoms with Crippen LogP contribution in [-0.2, 0) is 12.8 Å². The number of aryl methyl sites for hydroxylation is 1. The number of nitrogens with one attached hydrogen (secondary N) is 2. The standard InChI is InChI=1S/C21H31N7/c1-14(18-22-13-23-27-18)24-19-16-5-3-4-6-17(16)25-20(26-19)28-11-7-15(8-12-28)21(2)9-10-21/h13-15H,3-12H2,1-2H3,(H,22,23,27)(H,24,25,26)/t14-/m0/s1. The summed E-state index contributed by atoms with van der Waals surface area (Å²) in [4.78, 5) is 16.7. The molecule has 1 aliphatic heterocycles. The summed E-state index contributed by atoms with van der Waals surface area (Å²) in [7, 11) is 0. The van der Waals surface area contributed by atoms with Crippen LogP contribution in [0.15, 0.2) is 6.33 Å². The summed E-state index contributed by atoms with van der Waals surface area (Å²) < 4.78 is 0. The Hall–Kier alpha value is -2.18. The van der Waals surface area contributed by atoms with E-state index in [1.54, 1.807) is 6.33 Å². The Morgan fingerprint density at radius 2 is 1.96 bits per heavy atom. The molecule has 0 radical (unpaired) electrons. The highest BCUT2D eigenvalue weighted by Gasteiger charge is 2.45. The number of fused-ring (bicyclic) bond motifs is 1. The number of H-pyrrole nitrogens is 1. The lowest BCUT2D eigenvalue weighted by molar-refractivity contribution is 0.272. The van der Waals surface area contributed by atoms with E-state index in [0.29, 0.717) is 5.41 Å². The molecule has 2 aromatic heterocycles. The molecule has 3 heterocycles. The van der Waals surface area contributed by atoms with Gasteiger partial charge in [0.15, 0.2) is 0 Å². The van der Waals surface area contributed by atoms with Crippen molar-refractivity contribution in [3.05, 3.63) is 23.4 Å². The lowest BCUT2D eigenvalue weighted by atomic mass is 9.83. The fourth-order valence-corrected chi connectivity index (χ4v) is 4.92. The van der Waals surface area contributed by atoms with E-state index in [1.807, 2.05) is 0 Å². The zero-order valence-electron chi connectivity index (χ0n) is 17.0. The van der Waals surface area contributed by atoms with E-state index < -0.39 is 0 Å². The molecule has 2 aliphatic carbocycles. The molecule has 1 atom stereocenters. The van der Waals surface area contributed by atoms with E-state index >= 15 is 0 Å². The monoisotopic (exact) mass is 381 g/mol. The second-order valence-corrected chi connectivity index (χ2v) is 9.16. The first-order chi connectivity index (χ1) is 13.6. The third-order valence-electron chi connectivity index (χ3n) is 7.17. The molecule has 3 aliphatic rings. The third-order valence-corrected chi connectivity index (χ3v) is 7.17. The SMILES string of the molecule is C[C@H](Nc1nc(N2CCC(C3(C)CC3)CC2)nc2c1CCCC2)c1ncn[nH]1. The van der Waals surface area contributed by atoms with E-state index in [0.717, 1.165) is 49.4 Å². The highest BCUT2D eigenvalue weighted by molar-refractivity contribution is 5.53. The van der Waals surface area contributed by atoms with Crippen LogP contribution in [-0.4, -0.2) is 38.2 Å². The van der Waals surface area contributed by atoms with Gasteiger partial charge in [-0.05, 0) is 69.6 Å². The molecule has 7 heteroatoms. The van der Waals surface area contributed by atoms with Crippen LogP contribution in [0.5, 0.6) is 0 Å². The molecule has 1 saturated carbocycles. The van der Waals surface area contributed by atoms with Gasteiger partial charge in [-0.15, -0.1) is 0 Å². The molecule has 0 bridgehead atoms. The summed E-state index contributed by atoms with van der Waals surface area (Å²) >= 11 is 0. The Morgan fingerprint density at radius 3 is 2.68 bits per heavy atom. The minimum atomic E-state index is 0.0387. The Kier molecular flexibility index (Phi) is 4.48. The molecular weight excluding hydrogens is 350 g/mol. The van der Waals surface area contributed by atoms with Crippen LogP contribution in [0.1, 0.15) is 75.5 Å². The van der Waals surface area contributed by atoms with E-state index in [1.165, 1.54) is 49.8 Å². The van der Waals surface area contributed by atoms with Gasteiger partial charge in [0.1, 0.15) is 18.0 Å². The summed E-state index contributed by atoms with van der Waals surface area (Å²) in [5.74, 6) is 3.61. The van der Waals surface area contributed by atoms with Crippen molar-refractivity contribution >= 4 is 11.8 Å². The number of rotatable bonds is 5. The fourth-order valence-electron chi connectivity index (χ4n) is 4.92. The van der Waals surface area contributed by atoms with Gasteiger partial charge >= 0.3 is 0 Å². The summed E-state index contributed by atoms with van der Waals surface area (Å²) in [6.45, 7) is 6.72. The van der Waals surface area contributed by atoms with Gasteiger partial charge in [0.2, 0.25) is 5.95 Å². The number of aromatic amines is 1. The first-order valence-electron chi connectivity index (χ1n) is 10.9. The zero-order chi connectivity index (χ0) is 19.1. The molecule has 5 rings (SSSR count). The second kappa shape index (κ2) is 7.01. The van der Waals surface area contributed by atoms with E-state index in [-0.39, 0.29) is 6.04 Å². The zero-order valence-corrected chi connectivity index (χ0v) is 17.0. The smallest absolute Gasteiger partial charge is 0.227 e. The Bertz CT molecular complexity index is 820. The van der Waals surface area contributed by atoms with Crippen molar-refractivity contribution in [3.8, 4) is 0 Å². The van der Waals surface area contributed by atoms with Gasteiger partial charge < -0.3 is 10.2 Å². The third kappa shape index (κ3) is 3.35. The predicted octanol–water partition coefficient (Wildman–Crippen LogP) is 3.66. The van der Waals surface area contributed by atoms with E-state index in [4.69, 9.17) is 9.97 Å². The number of anilines is 2. The second-order valence-electron chi connectivity index (χ2n) is 9.16. The highest BCUT2D eigenvalue weighted by Crippen LogP contribution is 2.54. The maximum Gasteiger partial charge on any atom is 0.227 e. The van der Waals surface area contributed by atoms with Crippen molar-refractivity contribution in [2.24, 2.45) is 11.3 Å². The summed E-state index contributed by atoms with van der Waals surface area (Å²) in [6.07, 6.45) is 11.5. The van der Waals surface area contributed by atoms with Crippen LogP contribution in [0.2, 0.25) is 0 Å². The largest absolute Gasteiger partial charge is 0.360 e. The van der Waals surface area contributed by atoms with E-state index in [2.05, 4.69) is 39.2 Å². The number of nitrogens with zero attached hydrogens (tertiary/aromatic N) is 5. The van der Waals surface area contributed by atoms with Crippen LogP contribution in [0.25, 0.3) is 0 Å². The Balaban J connectivity index is 1.38. The predicted molar refractivity (Wildman–Crippen MR) is 109 cm³/mol. The van der Waals surface area contributed by atoms with Gasteiger partial charge in [-0.2, -0.15) is 10.1 Å². The van der Waals surface area contributed by atoms with Crippen molar-refractivity contribution < 1.29 is 0 Å². The first-order valence-corrected chi connectivity index (χ1v) is 10.9. The van der Waals surface area contributed by atoms with Crippen LogP contribution >= 0.6 is 0 Å². The molecule has 28 heavy (non-hydrogen) atoms. The number of piperidine rings is 1. The first kappa shape index (κ1) is 17.9. The van der Waals surface area contributed by atoms with Gasteiger partial charge in [-0.3, -0.25) is 5.10 Å². The van der Waals surface area contributed by atoms with Crippen LogP contribution in [0.3, 0.4) is 0 Å². The van der Waals surface area contributed by atoms with Crippen molar-refractivity contribution in [3.63, 3.8) is 0 Å². The van der Waals surface area contributed by atoms with Gasteiger partial charge in [0.25, 0.3) is 0 Å². The van der Waals surface area contributed by atoms with Crippen LogP contribution < -0.4 is 10.2 Å². The normalized spacial score (nSPS) is 22.6. The van der Waals surface area contributed by atoms with Gasteiger partial charge in [-0.1, -0.05) is 6.92 Å². The average molecular weight is 382 g/mol. The Morgan fingerprint density at radius 1 is 1.18 bits per heavy atom. The fraction of sp³-hybridized carbons (Fsp3) is 0.714. The van der Waals surface area contributed by atoms with Crippen LogP contribution in [0, 0.1) is 11.3 Å². The maximum atomic E-state index is 5.01. The molecule has 150 valence electrons. The summed E-state index contributed by atoms with van der Waals surface area (Å²) in [5, 5.41) is 10.5. The number of hydrogen-bond acceptors (Lipinski definition) is 6. The maximum absolute atomic E-state index is 5.01. The molecule has 0 unspecified atom stereocenters. The van der Waals surface area contributed by atoms with Gasteiger partial charge in [0, 0.05) is 18.7 Å². The number of hydrogen-bond donors (Lipinski definition) is 2. The average Bonchev–Trinajstić information content (AvgIpc) is 3.25. The molecule has 2 aromatic rings. The minimum absolute atomic E-state index is 0.0387. The molecule has 1 saturated heterocycles. The lowest BCUT2D eigenvalue weighted by Crippen LogP contribution is -2.37. The molecule has 0 spiro atoms. The molecule has 2 fully saturated rings. The van der Waals surface area contributed by atoms with E-state index in [9.17, 15) is 0 Å². The van der Waals surface area contributed by atoms with Crippen molar-refractivity contribution in [2.45, 2.75) is 71.3 Å².